The Morgan fingerprint density at radius 3 is 0.968 bits per heavy atom. The van der Waals surface area contributed by atoms with E-state index in [0.717, 1.165) is 83.2 Å². The maximum Gasteiger partial charge on any atom is 0.248 e. The van der Waals surface area contributed by atoms with Crippen LogP contribution < -0.4 is 43.0 Å². The fourth-order valence-corrected chi connectivity index (χ4v) is 23.7. The van der Waals surface area contributed by atoms with E-state index in [1.165, 1.54) is 37.2 Å². The molecule has 0 unspecified atom stereocenters. The smallest absolute Gasteiger partial charge is 0.248 e. The van der Waals surface area contributed by atoms with Gasteiger partial charge in [0.2, 0.25) is 11.8 Å². The Balaban J connectivity index is 0.000000115. The number of carbonyl (C=O) groups excluding carboxylic acids is 2. The van der Waals surface area contributed by atoms with Gasteiger partial charge in [-0.15, -0.1) is 0 Å². The largest absolute Gasteiger partial charge is 0.378 e. The van der Waals surface area contributed by atoms with Crippen LogP contribution in [0.4, 0.5) is 57.5 Å². The van der Waals surface area contributed by atoms with Gasteiger partial charge in [0.15, 0.2) is 49.2 Å². The van der Waals surface area contributed by atoms with Crippen molar-refractivity contribution >= 4 is 173 Å². The molecule has 5 aliphatic rings. The maximum absolute atomic E-state index is 12.3. The number of nitrogens with two attached hydrogens (primary N) is 2. The number of benzene rings is 10. The van der Waals surface area contributed by atoms with Crippen molar-refractivity contribution in [2.75, 3.05) is 74.3 Å². The van der Waals surface area contributed by atoms with Gasteiger partial charge < -0.3 is 43.0 Å². The summed E-state index contributed by atoms with van der Waals surface area (Å²) >= 11 is 0. The Hall–Kier alpha value is -13.6. The van der Waals surface area contributed by atoms with Gasteiger partial charge >= 0.3 is 0 Å². The molecular formula is C90H84N18O12S5. The van der Waals surface area contributed by atoms with E-state index in [4.69, 9.17) is 11.5 Å². The fraction of sp³-hybridized carbons (Fsp3) is 0.200. The van der Waals surface area contributed by atoms with Crippen molar-refractivity contribution in [2.24, 2.45) is 11.5 Å². The van der Waals surface area contributed by atoms with Crippen molar-refractivity contribution in [3.05, 3.63) is 270 Å². The van der Waals surface area contributed by atoms with E-state index < -0.39 is 61.0 Å². The molecule has 20 rings (SSSR count). The minimum Gasteiger partial charge on any atom is -0.378 e. The molecule has 10 heterocycles. The van der Waals surface area contributed by atoms with Gasteiger partial charge in [-0.3, -0.25) is 9.59 Å². The van der Waals surface area contributed by atoms with E-state index in [-0.39, 0.29) is 34.3 Å². The van der Waals surface area contributed by atoms with Crippen LogP contribution >= 0.6 is 0 Å². The molecule has 0 fully saturated rings. The second-order valence-electron chi connectivity index (χ2n) is 31.4. The second-order valence-corrected chi connectivity index (χ2v) is 41.7. The molecule has 125 heavy (non-hydrogen) atoms. The zero-order valence-electron chi connectivity index (χ0n) is 68.4. The van der Waals surface area contributed by atoms with Crippen LogP contribution in [0.2, 0.25) is 0 Å². The van der Waals surface area contributed by atoms with Gasteiger partial charge in [-0.25, -0.2) is 91.9 Å². The molecule has 5 aromatic heterocycles. The van der Waals surface area contributed by atoms with Crippen molar-refractivity contribution < 1.29 is 51.7 Å². The number of rotatable bonds is 15. The molecule has 30 nitrogen and oxygen atoms in total. The normalized spacial score (nSPS) is 15.3. The molecule has 0 atom stereocenters. The summed E-state index contributed by atoms with van der Waals surface area (Å²) in [5, 5.41) is 20.2. The average molecular weight is 1770 g/mol. The van der Waals surface area contributed by atoms with Gasteiger partial charge in [-0.05, 0) is 230 Å². The number of aryl methyl sites for hydroxylation is 5. The van der Waals surface area contributed by atoms with Gasteiger partial charge in [-0.2, -0.15) is 0 Å². The van der Waals surface area contributed by atoms with E-state index in [1.54, 1.807) is 109 Å². The molecule has 15 aromatic rings. The van der Waals surface area contributed by atoms with Crippen molar-refractivity contribution in [1.82, 2.24) is 49.8 Å². The van der Waals surface area contributed by atoms with Gasteiger partial charge in [-0.1, -0.05) is 62.4 Å². The molecule has 2 amide bonds. The lowest BCUT2D eigenvalue weighted by atomic mass is 9.94. The molecule has 0 aliphatic carbocycles. The van der Waals surface area contributed by atoms with E-state index in [9.17, 15) is 51.7 Å². The molecule has 10 aromatic carbocycles. The van der Waals surface area contributed by atoms with Crippen molar-refractivity contribution in [2.45, 2.75) is 95.7 Å². The van der Waals surface area contributed by atoms with Crippen LogP contribution in [0.15, 0.2) is 244 Å². The van der Waals surface area contributed by atoms with Crippen molar-refractivity contribution in [1.29, 1.82) is 0 Å². The number of sulfone groups is 5. The number of hydrogen-bond acceptors (Lipinski definition) is 28. The molecule has 0 radical (unpaired) electrons. The number of aromatic nitrogens is 10. The van der Waals surface area contributed by atoms with E-state index >= 15 is 0 Å². The molecule has 5 aliphatic heterocycles. The number of amides is 2. The SMILES string of the molecule is CC(C)(Nc1ncnc2ccc3c(c12)CCS3(=O)=O)c1ccccc1.CC(C)c1ccc(Nc2ncnc3ccc4c(c23)CCS4(=O)=O)cc1.CN(C)c1ccc(Nc2ncnc3ccc4c(c23)CCS4(=O)=O)cc1.NC(=O)c1ccc(Nc2ncnc3ccc4c(c23)CCS4(=O)=O)cc1.NC(=O)c1cccc(Nc2ncnc3ccc4c(c23)CCS4(=O)=O)c1. The predicted molar refractivity (Wildman–Crippen MR) is 484 cm³/mol. The Morgan fingerprint density at radius 1 is 0.344 bits per heavy atom. The number of anilines is 10. The van der Waals surface area contributed by atoms with Crippen molar-refractivity contribution in [3.63, 3.8) is 0 Å². The number of fused-ring (bicyclic) bond motifs is 15. The van der Waals surface area contributed by atoms with Gasteiger partial charge in [0.1, 0.15) is 60.7 Å². The van der Waals surface area contributed by atoms with E-state index in [1.807, 2.05) is 73.6 Å². The summed E-state index contributed by atoms with van der Waals surface area (Å²) in [4.78, 5) is 69.5. The first kappa shape index (κ1) is 85.0. The molecule has 0 bridgehead atoms. The first-order chi connectivity index (χ1) is 59.7. The minimum atomic E-state index is -3.25. The fourth-order valence-electron chi connectivity index (χ4n) is 15.9. The monoisotopic (exact) mass is 1770 g/mol. The summed E-state index contributed by atoms with van der Waals surface area (Å²) in [6, 6.07) is 56.5. The molecule has 636 valence electrons. The highest BCUT2D eigenvalue weighted by Crippen LogP contribution is 2.43. The highest BCUT2D eigenvalue weighted by Gasteiger charge is 2.35. The average Bonchev–Trinajstić information content (AvgIpc) is 1.66. The summed E-state index contributed by atoms with van der Waals surface area (Å²) < 4.78 is 122. The number of nitrogens with zero attached hydrogens (tertiary/aromatic N) is 11. The molecule has 0 saturated carbocycles. The first-order valence-corrected chi connectivity index (χ1v) is 48.0. The molecule has 0 spiro atoms. The summed E-state index contributed by atoms with van der Waals surface area (Å²) in [5.41, 5.74) is 25.2. The van der Waals surface area contributed by atoms with Crippen LogP contribution in [0.25, 0.3) is 54.5 Å². The van der Waals surface area contributed by atoms with Crippen LogP contribution in [-0.2, 0) is 86.8 Å². The summed E-state index contributed by atoms with van der Waals surface area (Å²) in [6.07, 6.45) is 9.73. The quantitative estimate of drug-likeness (QED) is 0.0501. The predicted octanol–water partition coefficient (Wildman–Crippen LogP) is 13.5. The zero-order chi connectivity index (χ0) is 88.1. The van der Waals surface area contributed by atoms with E-state index in [2.05, 4.69) is 128 Å². The van der Waals surface area contributed by atoms with Crippen molar-refractivity contribution in [3.8, 4) is 0 Å². The maximum atomic E-state index is 12.3. The lowest BCUT2D eigenvalue weighted by Gasteiger charge is -2.28. The van der Waals surface area contributed by atoms with Crippen LogP contribution in [0.1, 0.15) is 93.3 Å². The molecule has 9 N–H and O–H groups in total. The molecule has 35 heteroatoms. The zero-order valence-corrected chi connectivity index (χ0v) is 72.5. The van der Waals surface area contributed by atoms with Gasteiger partial charge in [0, 0.05) is 80.6 Å². The summed E-state index contributed by atoms with van der Waals surface area (Å²) in [5.74, 6) is 3.08. The number of primary amides is 2. The Bertz CT molecular complexity index is 7300. The summed E-state index contributed by atoms with van der Waals surface area (Å²) in [6.45, 7) is 8.47. The Morgan fingerprint density at radius 2 is 0.648 bits per heavy atom. The van der Waals surface area contributed by atoms with E-state index in [0.29, 0.717) is 136 Å². The third kappa shape index (κ3) is 17.5. The van der Waals surface area contributed by atoms with Crippen LogP contribution in [-0.4, -0.2) is 147 Å². The minimum absolute atomic E-state index is 0.0902. The lowest BCUT2D eigenvalue weighted by Crippen LogP contribution is -2.28. The Labute approximate surface area is 720 Å². The highest BCUT2D eigenvalue weighted by molar-refractivity contribution is 7.93. The number of hydrogen-bond donors (Lipinski definition) is 7. The lowest BCUT2D eigenvalue weighted by molar-refractivity contribution is 0.0992. The topological polar surface area (TPSA) is 449 Å². The second kappa shape index (κ2) is 33.9. The van der Waals surface area contributed by atoms with Gasteiger partial charge in [0.05, 0.1) is 86.4 Å². The number of nitrogens with one attached hydrogen (secondary N) is 5. The van der Waals surface area contributed by atoms with Gasteiger partial charge in [0.25, 0.3) is 0 Å². The van der Waals surface area contributed by atoms with Crippen LogP contribution in [0.5, 0.6) is 0 Å². The molecular weight excluding hydrogens is 1690 g/mol. The van der Waals surface area contributed by atoms with Crippen LogP contribution in [0.3, 0.4) is 0 Å². The third-order valence-corrected chi connectivity index (χ3v) is 31.3. The highest BCUT2D eigenvalue weighted by atomic mass is 32.2. The Kier molecular flexibility index (Phi) is 23.0. The third-order valence-electron chi connectivity index (χ3n) is 22.4. The number of carbonyl (C=O) groups is 2. The summed E-state index contributed by atoms with van der Waals surface area (Å²) in [7, 11) is -12.1. The first-order valence-electron chi connectivity index (χ1n) is 39.8. The standard InChI is InChI=1S/2C19H19N3O2S.C18H18N4O2S.2C17H14N4O3S/c1-12(2)13-3-5-14(6-4-13)22-19-18-15-9-10-25(23,24)17(15)8-7-16(18)20-11-21-19;1-19(2,13-6-4-3-5-7-13)22-18-17-14-10-11-25(23,24)16(14)9-8-15(17)20-12-21-18;1-22(2)13-5-3-12(4-6-13)21-18-17-14-9-10-25(23,24)16(14)8-7-15(17)19-11-20-18;18-16(22)10-1-3-11(4-2-10)21-17-15-12-7-8-25(23,24)14(12)6-5-13(15)19-9-20-17;18-16(22)10-2-1-3-11(8-10)21-17-15-12-6-7-25(23,24)14(12)5-4-13(15)19-9-20-17/h3-8,11-12H,9-10H2,1-2H3,(H,20,21,22);3-9,12H,10-11H2,1-2H3,(H,20,21,22);3-8,11H,9-10H2,1-2H3,(H,19,20,21);1-6,9H,7-8H2,(H2,18,22)(H,19,20,21);1-5,8-9H,6-7H2,(H2,18,22)(H,19,20,21). The van der Waals surface area contributed by atoms with Crippen LogP contribution in [0, 0.1) is 0 Å². The molecule has 0 saturated heterocycles.